The Morgan fingerprint density at radius 2 is 1.67 bits per heavy atom. The third-order valence-electron chi connectivity index (χ3n) is 12.2. The summed E-state index contributed by atoms with van der Waals surface area (Å²) < 4.78 is 33.8. The van der Waals surface area contributed by atoms with Crippen LogP contribution in [0.4, 0.5) is 17.1 Å². The topological polar surface area (TPSA) is 134 Å². The van der Waals surface area contributed by atoms with Crippen molar-refractivity contribution in [1.29, 1.82) is 0 Å². The van der Waals surface area contributed by atoms with Gasteiger partial charge in [-0.2, -0.15) is 0 Å². The summed E-state index contributed by atoms with van der Waals surface area (Å²) in [5.74, 6) is 2.85. The molecule has 52 heavy (non-hydrogen) atoms. The molecular formula is C40H47N5O6S. The molecule has 5 aliphatic rings. The SMILES string of the molecule is O=C(NS(=O)(=O)c1ccc(NCC2CCOCC2)c([N+](=O)[O-])c1)c1ccc(N2CCN(Cc3ccccc3C3=CC4CC3C3CCCC43)CC2)cc1. The molecule has 2 saturated heterocycles. The molecule has 3 aromatic carbocycles. The van der Waals surface area contributed by atoms with Crippen LogP contribution < -0.4 is 14.9 Å². The minimum atomic E-state index is -4.36. The van der Waals surface area contributed by atoms with E-state index in [4.69, 9.17) is 4.74 Å². The van der Waals surface area contributed by atoms with Gasteiger partial charge in [0.1, 0.15) is 5.69 Å². The van der Waals surface area contributed by atoms with Crippen LogP contribution in [0.25, 0.3) is 5.57 Å². The maximum absolute atomic E-state index is 13.2. The molecule has 1 amide bonds. The molecule has 2 saturated carbocycles. The number of carbonyl (C=O) groups excluding carboxylic acids is 1. The molecule has 4 atom stereocenters. The van der Waals surface area contributed by atoms with Gasteiger partial charge in [0, 0.05) is 69.8 Å². The van der Waals surface area contributed by atoms with Gasteiger partial charge >= 0.3 is 0 Å². The van der Waals surface area contributed by atoms with Gasteiger partial charge in [-0.3, -0.25) is 19.8 Å². The van der Waals surface area contributed by atoms with E-state index in [1.54, 1.807) is 17.7 Å². The monoisotopic (exact) mass is 725 g/mol. The van der Waals surface area contributed by atoms with Crippen LogP contribution in [0.5, 0.6) is 0 Å². The molecule has 0 radical (unpaired) electrons. The van der Waals surface area contributed by atoms with Crippen molar-refractivity contribution in [3.63, 3.8) is 0 Å². The number of hydrogen-bond donors (Lipinski definition) is 2. The first-order valence-corrected chi connectivity index (χ1v) is 20.3. The van der Waals surface area contributed by atoms with E-state index in [1.807, 2.05) is 12.1 Å². The minimum absolute atomic E-state index is 0.186. The number of amides is 1. The highest BCUT2D eigenvalue weighted by molar-refractivity contribution is 7.90. The lowest BCUT2D eigenvalue weighted by Crippen LogP contribution is -2.46. The molecule has 8 rings (SSSR count). The average Bonchev–Trinajstić information content (AvgIpc) is 3.90. The number of benzene rings is 3. The summed E-state index contributed by atoms with van der Waals surface area (Å²) in [4.78, 5) is 28.7. The van der Waals surface area contributed by atoms with Gasteiger partial charge in [0.05, 0.1) is 9.82 Å². The summed E-state index contributed by atoms with van der Waals surface area (Å²) >= 11 is 0. The number of rotatable bonds is 11. The van der Waals surface area contributed by atoms with Crippen molar-refractivity contribution in [3.8, 4) is 0 Å². The van der Waals surface area contributed by atoms with Crippen LogP contribution in [0.3, 0.4) is 0 Å². The van der Waals surface area contributed by atoms with Gasteiger partial charge in [0.15, 0.2) is 0 Å². The van der Waals surface area contributed by atoms with Crippen molar-refractivity contribution >= 4 is 38.6 Å². The fraction of sp³-hybridized carbons (Fsp3) is 0.475. The largest absolute Gasteiger partial charge is 0.381 e. The Balaban J connectivity index is 0.860. The number of piperazine rings is 1. The Hall–Kier alpha value is -4.26. The zero-order chi connectivity index (χ0) is 35.8. The number of carbonyl (C=O) groups is 1. The zero-order valence-electron chi connectivity index (χ0n) is 29.4. The number of nitro groups is 1. The number of allylic oxidation sites excluding steroid dienone is 2. The summed E-state index contributed by atoms with van der Waals surface area (Å²) in [6, 6.07) is 19.5. The van der Waals surface area contributed by atoms with E-state index in [2.05, 4.69) is 50.2 Å². The van der Waals surface area contributed by atoms with Crippen LogP contribution in [0.2, 0.25) is 0 Å². The van der Waals surface area contributed by atoms with E-state index in [9.17, 15) is 23.3 Å². The van der Waals surface area contributed by atoms with E-state index < -0.39 is 20.9 Å². The number of anilines is 2. The quantitative estimate of drug-likeness (QED) is 0.172. The average molecular weight is 726 g/mol. The second-order valence-corrected chi connectivity index (χ2v) is 16.8. The van der Waals surface area contributed by atoms with E-state index in [-0.39, 0.29) is 21.8 Å². The number of nitrogens with zero attached hydrogens (tertiary/aromatic N) is 3. The van der Waals surface area contributed by atoms with Crippen molar-refractivity contribution in [2.45, 2.75) is 50.0 Å². The highest BCUT2D eigenvalue weighted by atomic mass is 32.2. The fourth-order valence-corrected chi connectivity index (χ4v) is 10.5. The molecule has 12 heteroatoms. The molecule has 0 aromatic heterocycles. The van der Waals surface area contributed by atoms with Gasteiger partial charge in [0.2, 0.25) is 0 Å². The summed E-state index contributed by atoms with van der Waals surface area (Å²) in [7, 11) is -4.36. The molecule has 3 aliphatic carbocycles. The number of nitro benzene ring substituents is 1. The molecule has 0 spiro atoms. The number of nitrogens with one attached hydrogen (secondary N) is 2. The van der Waals surface area contributed by atoms with Gasteiger partial charge < -0.3 is 15.0 Å². The maximum atomic E-state index is 13.2. The molecule has 3 aromatic rings. The molecule has 2 heterocycles. The third-order valence-corrected chi connectivity index (χ3v) is 13.6. The van der Waals surface area contributed by atoms with Gasteiger partial charge in [0.25, 0.3) is 21.6 Å². The molecule has 11 nitrogen and oxygen atoms in total. The van der Waals surface area contributed by atoms with Crippen molar-refractivity contribution in [2.24, 2.45) is 29.6 Å². The van der Waals surface area contributed by atoms with Crippen LogP contribution in [0, 0.1) is 39.7 Å². The molecule has 2 N–H and O–H groups in total. The predicted molar refractivity (Wildman–Crippen MR) is 201 cm³/mol. The number of fused-ring (bicyclic) bond motifs is 5. The standard InChI is InChI=1S/C40H47N5O6S/c46-40(42-52(49,50)32-12-13-38(39(24-32)45(47)48)41-25-27-14-20-51-21-15-27)28-8-10-31(11-9-28)44-18-16-43(17-19-44)26-29-4-1-2-5-33(29)36-22-30-23-37(36)35-7-3-6-34(30)35/h1-2,4-5,8-13,22,24,27,30,34-35,37,41H,3,6-7,14-21,23,25-26H2,(H,42,46). The molecule has 4 fully saturated rings. The Kier molecular flexibility index (Phi) is 9.80. The number of ether oxygens (including phenoxy) is 1. The Morgan fingerprint density at radius 3 is 2.44 bits per heavy atom. The first kappa shape index (κ1) is 34.8. The lowest BCUT2D eigenvalue weighted by Gasteiger charge is -2.36. The molecule has 2 bridgehead atoms. The number of hydrogen-bond acceptors (Lipinski definition) is 9. The fourth-order valence-electron chi connectivity index (χ4n) is 9.48. The second kappa shape index (κ2) is 14.6. The lowest BCUT2D eigenvalue weighted by molar-refractivity contribution is -0.384. The van der Waals surface area contributed by atoms with Crippen molar-refractivity contribution in [3.05, 3.63) is 99.6 Å². The van der Waals surface area contributed by atoms with Crippen LogP contribution in [0.1, 0.15) is 60.0 Å². The van der Waals surface area contributed by atoms with Crippen molar-refractivity contribution in [1.82, 2.24) is 9.62 Å². The van der Waals surface area contributed by atoms with E-state index in [0.29, 0.717) is 25.7 Å². The maximum Gasteiger partial charge on any atom is 0.293 e. The van der Waals surface area contributed by atoms with E-state index >= 15 is 0 Å². The highest BCUT2D eigenvalue weighted by Gasteiger charge is 2.50. The van der Waals surface area contributed by atoms with Gasteiger partial charge in [-0.15, -0.1) is 0 Å². The van der Waals surface area contributed by atoms with Crippen molar-refractivity contribution in [2.75, 3.05) is 56.2 Å². The first-order chi connectivity index (χ1) is 25.2. The molecule has 4 unspecified atom stereocenters. The number of sulfonamides is 1. The minimum Gasteiger partial charge on any atom is -0.381 e. The van der Waals surface area contributed by atoms with Crippen LogP contribution in [-0.4, -0.2) is 70.1 Å². The van der Waals surface area contributed by atoms with Gasteiger partial charge in [-0.05, 0) is 115 Å². The summed E-state index contributed by atoms with van der Waals surface area (Å²) in [6.07, 6.45) is 9.88. The Bertz CT molecular complexity index is 1950. The molecular weight excluding hydrogens is 679 g/mol. The molecule has 274 valence electrons. The zero-order valence-corrected chi connectivity index (χ0v) is 30.2. The second-order valence-electron chi connectivity index (χ2n) is 15.2. The lowest BCUT2D eigenvalue weighted by atomic mass is 9.78. The van der Waals surface area contributed by atoms with Gasteiger partial charge in [-0.1, -0.05) is 36.8 Å². The normalized spacial score (nSPS) is 24.8. The van der Waals surface area contributed by atoms with Gasteiger partial charge in [-0.25, -0.2) is 13.1 Å². The Labute approximate surface area is 305 Å². The first-order valence-electron chi connectivity index (χ1n) is 18.8. The third kappa shape index (κ3) is 7.08. The summed E-state index contributed by atoms with van der Waals surface area (Å²) in [6.45, 7) is 6.28. The van der Waals surface area contributed by atoms with Crippen LogP contribution >= 0.6 is 0 Å². The van der Waals surface area contributed by atoms with Crippen molar-refractivity contribution < 1.29 is 22.9 Å². The molecule has 2 aliphatic heterocycles. The smallest absolute Gasteiger partial charge is 0.293 e. The van der Waals surface area contributed by atoms with Crippen LogP contribution in [0.15, 0.2) is 77.7 Å². The van der Waals surface area contributed by atoms with Crippen LogP contribution in [-0.2, 0) is 21.3 Å². The Morgan fingerprint density at radius 1 is 0.923 bits per heavy atom. The summed E-state index contributed by atoms with van der Waals surface area (Å²) in [5, 5.41) is 14.9. The predicted octanol–water partition coefficient (Wildman–Crippen LogP) is 6.32. The van der Waals surface area contributed by atoms with E-state index in [1.165, 1.54) is 48.9 Å². The summed E-state index contributed by atoms with van der Waals surface area (Å²) in [5.41, 5.74) is 5.50. The van der Waals surface area contributed by atoms with E-state index in [0.717, 1.165) is 81.0 Å². The highest BCUT2D eigenvalue weighted by Crippen LogP contribution is 2.60.